The van der Waals surface area contributed by atoms with Gasteiger partial charge in [-0.25, -0.2) is 13.1 Å². The van der Waals surface area contributed by atoms with Gasteiger partial charge in [-0.15, -0.1) is 6.58 Å². The van der Waals surface area contributed by atoms with Crippen molar-refractivity contribution in [3.05, 3.63) is 41.2 Å². The first-order valence-electron chi connectivity index (χ1n) is 10.2. The van der Waals surface area contributed by atoms with Crippen LogP contribution in [0.1, 0.15) is 35.1 Å². The van der Waals surface area contributed by atoms with Crippen LogP contribution in [0.15, 0.2) is 29.8 Å². The second-order valence-corrected chi connectivity index (χ2v) is 10.3. The van der Waals surface area contributed by atoms with Gasteiger partial charge in [-0.1, -0.05) is 6.08 Å². The Labute approximate surface area is 186 Å². The zero-order valence-electron chi connectivity index (χ0n) is 17.5. The molecule has 1 saturated heterocycles. The van der Waals surface area contributed by atoms with E-state index in [0.29, 0.717) is 50.1 Å². The Bertz CT molecular complexity index is 1170. The number of nitrogens with zero attached hydrogens (tertiary/aromatic N) is 6. The molecule has 1 amide bonds. The maximum Gasteiger partial charge on any atom is 0.265 e. The van der Waals surface area contributed by atoms with E-state index in [1.165, 1.54) is 21.1 Å². The molecule has 1 saturated carbocycles. The number of primary amides is 1. The molecule has 0 radical (unpaired) electrons. The van der Waals surface area contributed by atoms with Crippen LogP contribution >= 0.6 is 12.2 Å². The van der Waals surface area contributed by atoms with Gasteiger partial charge in [-0.2, -0.15) is 9.40 Å². The lowest BCUT2D eigenvalue weighted by atomic mass is 10.4. The van der Waals surface area contributed by atoms with Crippen LogP contribution in [0.4, 0.5) is 0 Å². The molecule has 0 aromatic carbocycles. The van der Waals surface area contributed by atoms with Crippen molar-refractivity contribution in [2.45, 2.75) is 36.9 Å². The minimum atomic E-state index is -3.69. The summed E-state index contributed by atoms with van der Waals surface area (Å²) in [7, 11) is -2.10. The molecule has 0 bridgehead atoms. The van der Waals surface area contributed by atoms with Crippen LogP contribution in [0, 0.1) is 4.77 Å². The van der Waals surface area contributed by atoms with Crippen LogP contribution in [-0.2, 0) is 30.3 Å². The number of carbonyl (C=O) groups excluding carboxylic acids is 1. The van der Waals surface area contributed by atoms with Crippen molar-refractivity contribution in [3.8, 4) is 0 Å². The highest BCUT2D eigenvalue weighted by Crippen LogP contribution is 2.39. The van der Waals surface area contributed by atoms with Gasteiger partial charge in [0, 0.05) is 51.9 Å². The lowest BCUT2D eigenvalue weighted by molar-refractivity contribution is 0.0992. The molecule has 2 fully saturated rings. The van der Waals surface area contributed by atoms with Crippen LogP contribution in [0.25, 0.3) is 0 Å². The van der Waals surface area contributed by atoms with Crippen LogP contribution in [0.3, 0.4) is 0 Å². The summed E-state index contributed by atoms with van der Waals surface area (Å²) < 4.78 is 33.4. The van der Waals surface area contributed by atoms with Gasteiger partial charge in [0.1, 0.15) is 16.4 Å². The van der Waals surface area contributed by atoms with Gasteiger partial charge >= 0.3 is 0 Å². The summed E-state index contributed by atoms with van der Waals surface area (Å²) in [6.45, 7) is 6.78. The Morgan fingerprint density at radius 3 is 2.55 bits per heavy atom. The van der Waals surface area contributed by atoms with E-state index in [9.17, 15) is 13.2 Å². The average molecular weight is 466 g/mol. The number of amides is 1. The van der Waals surface area contributed by atoms with Crippen molar-refractivity contribution in [2.75, 3.05) is 26.2 Å². The molecule has 1 aliphatic carbocycles. The number of nitrogens with two attached hydrogens (primary N) is 1. The van der Waals surface area contributed by atoms with Crippen molar-refractivity contribution in [1.29, 1.82) is 0 Å². The molecule has 3 heterocycles. The summed E-state index contributed by atoms with van der Waals surface area (Å²) in [5.74, 6) is 0.827. The fourth-order valence-electron chi connectivity index (χ4n) is 3.86. The van der Waals surface area contributed by atoms with Gasteiger partial charge in [0.05, 0.1) is 6.67 Å². The van der Waals surface area contributed by atoms with Crippen LogP contribution in [0.2, 0.25) is 0 Å². The van der Waals surface area contributed by atoms with Crippen LogP contribution < -0.4 is 5.73 Å². The minimum absolute atomic E-state index is 0.0803. The third-order valence-electron chi connectivity index (χ3n) is 5.74. The summed E-state index contributed by atoms with van der Waals surface area (Å²) in [6.07, 6.45) is 5.52. The second kappa shape index (κ2) is 8.34. The Morgan fingerprint density at radius 1 is 1.32 bits per heavy atom. The van der Waals surface area contributed by atoms with Gasteiger partial charge < -0.3 is 10.3 Å². The molecule has 2 N–H and O–H groups in total. The molecule has 4 rings (SSSR count). The Morgan fingerprint density at radius 2 is 2.00 bits per heavy atom. The predicted molar refractivity (Wildman–Crippen MR) is 117 cm³/mol. The molecule has 12 heteroatoms. The fraction of sp³-hybridized carbons (Fsp3) is 0.526. The Kier molecular flexibility index (Phi) is 5.90. The second-order valence-electron chi connectivity index (χ2n) is 8.01. The largest absolute Gasteiger partial charge is 0.364 e. The first-order chi connectivity index (χ1) is 14.7. The monoisotopic (exact) mass is 465 g/mol. The summed E-state index contributed by atoms with van der Waals surface area (Å²) in [6, 6.07) is 1.33. The van der Waals surface area contributed by atoms with E-state index in [0.717, 1.165) is 18.7 Å². The number of piperazine rings is 1. The van der Waals surface area contributed by atoms with Gasteiger partial charge in [-0.05, 0) is 31.1 Å². The number of aryl methyl sites for hydroxylation is 1. The maximum absolute atomic E-state index is 13.0. The highest BCUT2D eigenvalue weighted by Gasteiger charge is 2.32. The molecule has 0 unspecified atom stereocenters. The van der Waals surface area contributed by atoms with E-state index in [2.05, 4.69) is 11.5 Å². The normalized spacial score (nSPS) is 18.4. The number of hydrogen-bond acceptors (Lipinski definition) is 6. The molecule has 2 aromatic heterocycles. The molecular weight excluding hydrogens is 438 g/mol. The topological polar surface area (TPSA) is 111 Å². The third-order valence-corrected chi connectivity index (χ3v) is 8.04. The molecule has 0 spiro atoms. The van der Waals surface area contributed by atoms with E-state index in [4.69, 9.17) is 23.1 Å². The maximum atomic E-state index is 13.0. The van der Waals surface area contributed by atoms with E-state index >= 15 is 0 Å². The summed E-state index contributed by atoms with van der Waals surface area (Å²) in [5.41, 5.74) is 5.47. The zero-order valence-corrected chi connectivity index (χ0v) is 19.1. The summed E-state index contributed by atoms with van der Waals surface area (Å²) >= 11 is 5.62. The molecule has 0 atom stereocenters. The smallest absolute Gasteiger partial charge is 0.265 e. The Hall–Kier alpha value is -2.28. The number of sulfonamides is 1. The first kappa shape index (κ1) is 21.9. The lowest BCUT2D eigenvalue weighted by Crippen LogP contribution is -2.48. The number of aromatic nitrogens is 4. The Balaban J connectivity index is 1.44. The zero-order chi connectivity index (χ0) is 22.3. The SMILES string of the molecule is C=CCn1c(C2CC2)nn(CN2CCN(S(=O)(=O)c3cc(C(N)=O)n(C)c3)CC2)c1=S. The first-order valence-corrected chi connectivity index (χ1v) is 12.0. The molecule has 1 aliphatic heterocycles. The van der Waals surface area contributed by atoms with Crippen molar-refractivity contribution >= 4 is 28.1 Å². The van der Waals surface area contributed by atoms with Crippen molar-refractivity contribution in [3.63, 3.8) is 0 Å². The molecule has 2 aromatic rings. The van der Waals surface area contributed by atoms with Crippen molar-refractivity contribution in [1.82, 2.24) is 28.1 Å². The summed E-state index contributed by atoms with van der Waals surface area (Å²) in [5, 5.41) is 4.74. The van der Waals surface area contributed by atoms with Gasteiger partial charge in [0.15, 0.2) is 4.77 Å². The predicted octanol–water partition coefficient (Wildman–Crippen LogP) is 0.879. The van der Waals surface area contributed by atoms with Crippen LogP contribution in [-0.4, -0.2) is 68.6 Å². The third kappa shape index (κ3) is 4.25. The summed E-state index contributed by atoms with van der Waals surface area (Å²) in [4.78, 5) is 13.7. The van der Waals surface area contributed by atoms with E-state index in [-0.39, 0.29) is 10.6 Å². The van der Waals surface area contributed by atoms with E-state index in [1.807, 2.05) is 15.3 Å². The average Bonchev–Trinajstić information content (AvgIpc) is 3.43. The number of rotatable bonds is 8. The highest BCUT2D eigenvalue weighted by molar-refractivity contribution is 7.89. The highest BCUT2D eigenvalue weighted by atomic mass is 32.2. The van der Waals surface area contributed by atoms with Gasteiger partial charge in [-0.3, -0.25) is 14.3 Å². The van der Waals surface area contributed by atoms with E-state index in [1.54, 1.807) is 7.05 Å². The van der Waals surface area contributed by atoms with Gasteiger partial charge in [0.25, 0.3) is 5.91 Å². The number of carbonyl (C=O) groups is 1. The standard InChI is InChI=1S/C19H27N7O3S2/c1-3-6-25-18(14-4-5-14)21-26(19(25)30)13-23-7-9-24(10-8-23)31(28,29)15-11-16(17(20)27)22(2)12-15/h3,11-12,14H,1,4-10,13H2,2H3,(H2,20,27). The quantitative estimate of drug-likeness (QED) is 0.458. The lowest BCUT2D eigenvalue weighted by Gasteiger charge is -2.33. The fourth-order valence-corrected chi connectivity index (χ4v) is 5.62. The molecule has 31 heavy (non-hydrogen) atoms. The van der Waals surface area contributed by atoms with Gasteiger partial charge in [0.2, 0.25) is 10.0 Å². The minimum Gasteiger partial charge on any atom is -0.364 e. The number of hydrogen-bond donors (Lipinski definition) is 1. The molecular formula is C19H27N7O3S2. The molecule has 168 valence electrons. The molecule has 2 aliphatic rings. The number of allylic oxidation sites excluding steroid dienone is 1. The van der Waals surface area contributed by atoms with Crippen LogP contribution in [0.5, 0.6) is 0 Å². The van der Waals surface area contributed by atoms with Crippen molar-refractivity contribution < 1.29 is 13.2 Å². The van der Waals surface area contributed by atoms with E-state index < -0.39 is 15.9 Å². The van der Waals surface area contributed by atoms with Crippen molar-refractivity contribution in [2.24, 2.45) is 12.8 Å². The molecule has 10 nitrogen and oxygen atoms in total.